The van der Waals surface area contributed by atoms with Crippen LogP contribution in [0.2, 0.25) is 0 Å². The normalized spacial score (nSPS) is 23.4. The lowest BCUT2D eigenvalue weighted by Gasteiger charge is -2.27. The van der Waals surface area contributed by atoms with Crippen LogP contribution in [0.15, 0.2) is 30.3 Å². The highest BCUT2D eigenvalue weighted by atomic mass is 16.5. The van der Waals surface area contributed by atoms with Gasteiger partial charge in [-0.05, 0) is 30.7 Å². The number of amides is 2. The van der Waals surface area contributed by atoms with E-state index in [1.807, 2.05) is 6.07 Å². The Morgan fingerprint density at radius 3 is 2.60 bits per heavy atom. The predicted molar refractivity (Wildman–Crippen MR) is 96.1 cm³/mol. The second-order valence-corrected chi connectivity index (χ2v) is 7.05. The average molecular weight is 344 g/mol. The molecule has 1 saturated heterocycles. The standard InChI is InChI=1S/C20H28N2O3/c23-19(9-10-20(24)22-11-13-25-14-12-22)21-18-8-4-7-17(18)15-16-5-2-1-3-6-16/h1-3,5-6,17-18H,4,7-15H2,(H,21,23). The molecular formula is C20H28N2O3. The van der Waals surface area contributed by atoms with Crippen molar-refractivity contribution < 1.29 is 14.3 Å². The number of hydrogen-bond donors (Lipinski definition) is 1. The molecule has 2 atom stereocenters. The minimum absolute atomic E-state index is 0.00608. The summed E-state index contributed by atoms with van der Waals surface area (Å²) in [4.78, 5) is 26.2. The molecule has 0 bridgehead atoms. The fourth-order valence-electron chi connectivity index (χ4n) is 3.86. The maximum Gasteiger partial charge on any atom is 0.223 e. The molecule has 1 saturated carbocycles. The van der Waals surface area contributed by atoms with Gasteiger partial charge in [-0.2, -0.15) is 0 Å². The van der Waals surface area contributed by atoms with Gasteiger partial charge in [0.05, 0.1) is 13.2 Å². The van der Waals surface area contributed by atoms with Gasteiger partial charge in [-0.25, -0.2) is 0 Å². The Labute approximate surface area is 149 Å². The molecule has 136 valence electrons. The van der Waals surface area contributed by atoms with Crippen molar-refractivity contribution in [2.24, 2.45) is 5.92 Å². The minimum atomic E-state index is 0.00608. The molecule has 1 heterocycles. The van der Waals surface area contributed by atoms with Crippen molar-refractivity contribution in [3.05, 3.63) is 35.9 Å². The van der Waals surface area contributed by atoms with Gasteiger partial charge in [0, 0.05) is 32.0 Å². The third-order valence-electron chi connectivity index (χ3n) is 5.28. The number of nitrogens with zero attached hydrogens (tertiary/aromatic N) is 1. The number of carbonyl (C=O) groups excluding carboxylic acids is 2. The van der Waals surface area contributed by atoms with Crippen LogP contribution in [-0.4, -0.2) is 49.1 Å². The van der Waals surface area contributed by atoms with Crippen molar-refractivity contribution in [3.63, 3.8) is 0 Å². The Balaban J connectivity index is 1.42. The van der Waals surface area contributed by atoms with Crippen molar-refractivity contribution in [2.75, 3.05) is 26.3 Å². The van der Waals surface area contributed by atoms with E-state index in [-0.39, 0.29) is 24.3 Å². The lowest BCUT2D eigenvalue weighted by Crippen LogP contribution is -2.42. The fourth-order valence-corrected chi connectivity index (χ4v) is 3.86. The number of carbonyl (C=O) groups is 2. The summed E-state index contributed by atoms with van der Waals surface area (Å²) < 4.78 is 5.25. The Bertz CT molecular complexity index is 570. The lowest BCUT2D eigenvalue weighted by molar-refractivity contribution is -0.137. The van der Waals surface area contributed by atoms with Gasteiger partial charge >= 0.3 is 0 Å². The van der Waals surface area contributed by atoms with E-state index in [4.69, 9.17) is 4.74 Å². The molecule has 0 spiro atoms. The Morgan fingerprint density at radius 1 is 1.08 bits per heavy atom. The van der Waals surface area contributed by atoms with Crippen LogP contribution in [-0.2, 0) is 20.7 Å². The first-order chi connectivity index (χ1) is 12.2. The number of benzene rings is 1. The van der Waals surface area contributed by atoms with Crippen LogP contribution in [0.4, 0.5) is 0 Å². The van der Waals surface area contributed by atoms with E-state index in [0.29, 0.717) is 38.6 Å². The molecule has 0 aromatic heterocycles. The highest BCUT2D eigenvalue weighted by Crippen LogP contribution is 2.29. The molecule has 2 aliphatic rings. The van der Waals surface area contributed by atoms with Crippen LogP contribution in [0.5, 0.6) is 0 Å². The molecule has 5 heteroatoms. The largest absolute Gasteiger partial charge is 0.378 e. The van der Waals surface area contributed by atoms with Crippen LogP contribution in [0, 0.1) is 5.92 Å². The SMILES string of the molecule is O=C(CCC(=O)N1CCOCC1)NC1CCCC1Cc1ccccc1. The van der Waals surface area contributed by atoms with Crippen molar-refractivity contribution in [2.45, 2.75) is 44.6 Å². The summed E-state index contributed by atoms with van der Waals surface area (Å²) in [5.41, 5.74) is 1.33. The summed E-state index contributed by atoms with van der Waals surface area (Å²) in [5.74, 6) is 0.568. The van der Waals surface area contributed by atoms with Gasteiger partial charge in [0.15, 0.2) is 0 Å². The molecule has 1 N–H and O–H groups in total. The molecule has 5 nitrogen and oxygen atoms in total. The smallest absolute Gasteiger partial charge is 0.223 e. The number of hydrogen-bond acceptors (Lipinski definition) is 3. The van der Waals surface area contributed by atoms with Crippen LogP contribution >= 0.6 is 0 Å². The van der Waals surface area contributed by atoms with Crippen molar-refractivity contribution in [3.8, 4) is 0 Å². The molecule has 25 heavy (non-hydrogen) atoms. The highest BCUT2D eigenvalue weighted by Gasteiger charge is 2.28. The summed E-state index contributed by atoms with van der Waals surface area (Å²) in [5, 5.41) is 3.17. The van der Waals surface area contributed by atoms with E-state index in [1.54, 1.807) is 4.90 Å². The van der Waals surface area contributed by atoms with Crippen LogP contribution in [0.3, 0.4) is 0 Å². The number of ether oxygens (including phenoxy) is 1. The van der Waals surface area contributed by atoms with E-state index in [1.165, 1.54) is 5.56 Å². The summed E-state index contributed by atoms with van der Waals surface area (Å²) in [6.45, 7) is 2.48. The van der Waals surface area contributed by atoms with Gasteiger partial charge in [0.1, 0.15) is 0 Å². The van der Waals surface area contributed by atoms with Crippen molar-refractivity contribution in [1.82, 2.24) is 10.2 Å². The van der Waals surface area contributed by atoms with Gasteiger partial charge in [0.25, 0.3) is 0 Å². The first-order valence-corrected chi connectivity index (χ1v) is 9.41. The summed E-state index contributed by atoms with van der Waals surface area (Å²) in [7, 11) is 0. The van der Waals surface area contributed by atoms with Crippen LogP contribution in [0.25, 0.3) is 0 Å². The number of morpholine rings is 1. The van der Waals surface area contributed by atoms with E-state index < -0.39 is 0 Å². The van der Waals surface area contributed by atoms with Gasteiger partial charge < -0.3 is 15.0 Å². The molecule has 1 aliphatic heterocycles. The molecule has 1 aliphatic carbocycles. The Kier molecular flexibility index (Phi) is 6.45. The minimum Gasteiger partial charge on any atom is -0.378 e. The molecular weight excluding hydrogens is 316 g/mol. The Morgan fingerprint density at radius 2 is 1.84 bits per heavy atom. The topological polar surface area (TPSA) is 58.6 Å². The lowest BCUT2D eigenvalue weighted by atomic mass is 9.94. The zero-order valence-corrected chi connectivity index (χ0v) is 14.8. The van der Waals surface area contributed by atoms with E-state index in [0.717, 1.165) is 25.7 Å². The summed E-state index contributed by atoms with van der Waals surface area (Å²) in [6, 6.07) is 10.7. The van der Waals surface area contributed by atoms with Gasteiger partial charge in [-0.1, -0.05) is 36.8 Å². The Hall–Kier alpha value is -1.88. The zero-order chi connectivity index (χ0) is 17.5. The molecule has 0 radical (unpaired) electrons. The first kappa shape index (κ1) is 17.9. The molecule has 1 aromatic carbocycles. The summed E-state index contributed by atoms with van der Waals surface area (Å²) >= 11 is 0. The first-order valence-electron chi connectivity index (χ1n) is 9.41. The van der Waals surface area contributed by atoms with Crippen LogP contribution < -0.4 is 5.32 Å². The third kappa shape index (κ3) is 5.30. The van der Waals surface area contributed by atoms with Crippen LogP contribution in [0.1, 0.15) is 37.7 Å². The maximum atomic E-state index is 12.3. The van der Waals surface area contributed by atoms with Crippen molar-refractivity contribution in [1.29, 1.82) is 0 Å². The van der Waals surface area contributed by atoms with E-state index in [2.05, 4.69) is 29.6 Å². The molecule has 2 amide bonds. The van der Waals surface area contributed by atoms with Gasteiger partial charge in [-0.15, -0.1) is 0 Å². The van der Waals surface area contributed by atoms with Gasteiger partial charge in [0.2, 0.25) is 11.8 Å². The van der Waals surface area contributed by atoms with E-state index >= 15 is 0 Å². The monoisotopic (exact) mass is 344 g/mol. The maximum absolute atomic E-state index is 12.3. The average Bonchev–Trinajstić information content (AvgIpc) is 3.08. The zero-order valence-electron chi connectivity index (χ0n) is 14.8. The molecule has 2 fully saturated rings. The van der Waals surface area contributed by atoms with Crippen molar-refractivity contribution >= 4 is 11.8 Å². The quantitative estimate of drug-likeness (QED) is 0.860. The molecule has 3 rings (SSSR count). The number of rotatable bonds is 6. The molecule has 1 aromatic rings. The second kappa shape index (κ2) is 8.99. The third-order valence-corrected chi connectivity index (χ3v) is 5.28. The molecule has 2 unspecified atom stereocenters. The predicted octanol–water partition coefficient (Wildman–Crippen LogP) is 2.15. The van der Waals surface area contributed by atoms with Gasteiger partial charge in [-0.3, -0.25) is 9.59 Å². The fraction of sp³-hybridized carbons (Fsp3) is 0.600. The second-order valence-electron chi connectivity index (χ2n) is 7.05. The summed E-state index contributed by atoms with van der Waals surface area (Å²) in [6.07, 6.45) is 4.95. The highest BCUT2D eigenvalue weighted by molar-refractivity contribution is 5.84. The number of nitrogens with one attached hydrogen (secondary N) is 1. The van der Waals surface area contributed by atoms with E-state index in [9.17, 15) is 9.59 Å².